The number of nitrogens with one attached hydrogen (secondary N) is 1. The van der Waals surface area contributed by atoms with E-state index >= 15 is 0 Å². The van der Waals surface area contributed by atoms with Gasteiger partial charge >= 0.3 is 35.5 Å². The number of unbranched alkanes of at least 4 members (excludes halogenated alkanes) is 11. The number of hydrogen-bond donors (Lipinski definition) is 3. The van der Waals surface area contributed by atoms with Gasteiger partial charge in [-0.3, -0.25) is 4.79 Å². The van der Waals surface area contributed by atoms with E-state index in [0.29, 0.717) is 6.42 Å². The molecule has 0 saturated carbocycles. The first-order chi connectivity index (χ1) is 12.6. The second kappa shape index (κ2) is 22.3. The third-order valence-electron chi connectivity index (χ3n) is 4.48. The van der Waals surface area contributed by atoms with Gasteiger partial charge in [-0.1, -0.05) is 70.4 Å². The van der Waals surface area contributed by atoms with Crippen LogP contribution in [0.1, 0.15) is 96.8 Å². The average molecular weight is 410 g/mol. The van der Waals surface area contributed by atoms with Crippen molar-refractivity contribution in [1.29, 1.82) is 0 Å². The number of thiol groups is 1. The van der Waals surface area contributed by atoms with Gasteiger partial charge in [-0.05, 0) is 32.1 Å². The molecule has 0 heterocycles. The maximum absolute atomic E-state index is 11.6. The molecule has 2 N–H and O–H groups in total. The Kier molecular flexibility index (Phi) is 24.2. The fourth-order valence-electron chi connectivity index (χ4n) is 2.81. The summed E-state index contributed by atoms with van der Waals surface area (Å²) in [6, 6.07) is -0.881. The van der Waals surface area contributed by atoms with Crippen molar-refractivity contribution in [3.8, 4) is 0 Å². The van der Waals surface area contributed by atoms with Gasteiger partial charge in [-0.25, -0.2) is 4.79 Å². The zero-order valence-electron chi connectivity index (χ0n) is 16.5. The van der Waals surface area contributed by atoms with Gasteiger partial charge in [0.05, 0.1) is 0 Å². The first-order valence-corrected chi connectivity index (χ1v) is 11.0. The molecule has 0 radical (unpaired) electrons. The van der Waals surface area contributed by atoms with Crippen LogP contribution in [-0.2, 0) is 9.59 Å². The van der Waals surface area contributed by atoms with Crippen molar-refractivity contribution in [3.63, 3.8) is 0 Å². The first-order valence-electron chi connectivity index (χ1n) is 10.4. The van der Waals surface area contributed by atoms with Crippen LogP contribution in [0.25, 0.3) is 0 Å². The van der Waals surface area contributed by atoms with Crippen molar-refractivity contribution in [2.24, 2.45) is 0 Å². The molecule has 0 aliphatic rings. The zero-order chi connectivity index (χ0) is 19.5. The summed E-state index contributed by atoms with van der Waals surface area (Å²) in [6.07, 6.45) is 20.9. The van der Waals surface area contributed by atoms with Gasteiger partial charge in [0, 0.05) is 12.2 Å². The fraction of sp³-hybridized carbons (Fsp3) is 0.810. The molecule has 0 fully saturated rings. The molecular weight excluding hydrogens is 369 g/mol. The Balaban J connectivity index is 0. The number of allylic oxidation sites excluding steroid dienone is 2. The van der Waals surface area contributed by atoms with Crippen molar-refractivity contribution in [2.45, 2.75) is 103 Å². The summed E-state index contributed by atoms with van der Waals surface area (Å²) in [5, 5.41) is 11.3. The number of carboxylic acids is 1. The molecule has 0 aliphatic heterocycles. The van der Waals surface area contributed by atoms with E-state index in [1.807, 2.05) is 0 Å². The minimum absolute atomic E-state index is 0. The molecule has 0 spiro atoms. The van der Waals surface area contributed by atoms with Crippen LogP contribution in [0.2, 0.25) is 0 Å². The molecule has 0 aromatic heterocycles. The number of carbonyl (C=O) groups is 2. The molecule has 4 nitrogen and oxygen atoms in total. The van der Waals surface area contributed by atoms with Gasteiger partial charge in [-0.2, -0.15) is 12.6 Å². The number of hydrogen-bond acceptors (Lipinski definition) is 3. The minimum atomic E-state index is -1.03. The molecule has 0 saturated heterocycles. The van der Waals surface area contributed by atoms with E-state index in [1.165, 1.54) is 57.8 Å². The topological polar surface area (TPSA) is 66.4 Å². The zero-order valence-corrected chi connectivity index (χ0v) is 17.4. The van der Waals surface area contributed by atoms with Crippen LogP contribution in [-0.4, -0.2) is 58.3 Å². The van der Waals surface area contributed by atoms with Crippen LogP contribution >= 0.6 is 12.6 Å². The Morgan fingerprint density at radius 1 is 0.889 bits per heavy atom. The van der Waals surface area contributed by atoms with Gasteiger partial charge in [0.25, 0.3) is 0 Å². The second-order valence-electron chi connectivity index (χ2n) is 6.98. The summed E-state index contributed by atoms with van der Waals surface area (Å²) in [5.74, 6) is -1.10. The number of amides is 1. The molecule has 0 aromatic rings. The Labute approximate surface area is 194 Å². The van der Waals surface area contributed by atoms with Crippen molar-refractivity contribution >= 4 is 54.1 Å². The number of carbonyl (C=O) groups excluding carboxylic acids is 1. The van der Waals surface area contributed by atoms with Gasteiger partial charge in [0.1, 0.15) is 6.04 Å². The predicted octanol–water partition coefficient (Wildman–Crippen LogP) is 4.87. The summed E-state index contributed by atoms with van der Waals surface area (Å²) in [6.45, 7) is 2.25. The number of rotatable bonds is 18. The molecule has 0 bridgehead atoms. The third kappa shape index (κ3) is 20.6. The average Bonchev–Trinajstić information content (AvgIpc) is 2.62. The van der Waals surface area contributed by atoms with Gasteiger partial charge in [-0.15, -0.1) is 0 Å². The number of carboxylic acid groups (broad SMARTS) is 1. The predicted molar refractivity (Wildman–Crippen MR) is 120 cm³/mol. The molecule has 0 unspecified atom stereocenters. The summed E-state index contributed by atoms with van der Waals surface area (Å²) >= 11 is 3.93. The second-order valence-corrected chi connectivity index (χ2v) is 7.34. The van der Waals surface area contributed by atoms with Gasteiger partial charge in [0.15, 0.2) is 0 Å². The van der Waals surface area contributed by atoms with Crippen molar-refractivity contribution in [1.82, 2.24) is 5.32 Å². The Hall–Kier alpha value is 0.0300. The van der Waals surface area contributed by atoms with Crippen LogP contribution in [0.5, 0.6) is 0 Å². The van der Waals surface area contributed by atoms with Crippen LogP contribution in [0.15, 0.2) is 12.2 Å². The normalized spacial score (nSPS) is 11.9. The molecule has 0 aliphatic carbocycles. The molecule has 154 valence electrons. The quantitative estimate of drug-likeness (QED) is 0.131. The summed E-state index contributed by atoms with van der Waals surface area (Å²) in [5.41, 5.74) is 0. The van der Waals surface area contributed by atoms with Crippen molar-refractivity contribution < 1.29 is 14.7 Å². The maximum atomic E-state index is 11.6. The van der Waals surface area contributed by atoms with E-state index in [0.717, 1.165) is 25.7 Å². The van der Waals surface area contributed by atoms with E-state index in [4.69, 9.17) is 5.11 Å². The molecule has 1 atom stereocenters. The summed E-state index contributed by atoms with van der Waals surface area (Å²) in [4.78, 5) is 22.4. The SMILES string of the molecule is CCCCCCCC/C=C\CCCCCCCC(=O)N[C@@H](CS)C(=O)O.[NaH]. The molecular formula is C21H40NNaO3S. The van der Waals surface area contributed by atoms with Crippen molar-refractivity contribution in [3.05, 3.63) is 12.2 Å². The Morgan fingerprint density at radius 2 is 1.37 bits per heavy atom. The molecule has 1 amide bonds. The van der Waals surface area contributed by atoms with Gasteiger partial charge < -0.3 is 10.4 Å². The first kappa shape index (κ1) is 29.2. The molecule has 27 heavy (non-hydrogen) atoms. The Morgan fingerprint density at radius 3 is 1.85 bits per heavy atom. The monoisotopic (exact) mass is 409 g/mol. The third-order valence-corrected chi connectivity index (χ3v) is 4.85. The molecule has 6 heteroatoms. The van der Waals surface area contributed by atoms with E-state index < -0.39 is 12.0 Å². The summed E-state index contributed by atoms with van der Waals surface area (Å²) < 4.78 is 0. The van der Waals surface area contributed by atoms with E-state index in [1.54, 1.807) is 0 Å². The van der Waals surface area contributed by atoms with E-state index in [2.05, 4.69) is 37.0 Å². The fourth-order valence-corrected chi connectivity index (χ4v) is 3.06. The Bertz CT molecular complexity index is 392. The summed E-state index contributed by atoms with van der Waals surface area (Å²) in [7, 11) is 0. The van der Waals surface area contributed by atoms with Crippen molar-refractivity contribution in [2.75, 3.05) is 5.75 Å². The van der Waals surface area contributed by atoms with Crippen LogP contribution < -0.4 is 5.32 Å². The van der Waals surface area contributed by atoms with Gasteiger partial charge in [0.2, 0.25) is 5.91 Å². The van der Waals surface area contributed by atoms with Crippen LogP contribution in [0.3, 0.4) is 0 Å². The standard InChI is InChI=1S/C21H39NO3S.Na.H/c1-2-3-4-5-6-7-8-9-10-11-12-13-14-15-16-17-20(23)22-19(18-26)21(24)25;;/h9-10,19,26H,2-8,11-18H2,1H3,(H,22,23)(H,24,25);;/b10-9-;;/t19-;;/m0../s1. The van der Waals surface area contributed by atoms with E-state index in [-0.39, 0.29) is 41.2 Å². The van der Waals surface area contributed by atoms with Crippen LogP contribution in [0.4, 0.5) is 0 Å². The van der Waals surface area contributed by atoms with E-state index in [9.17, 15) is 9.59 Å². The van der Waals surface area contributed by atoms with Crippen LogP contribution in [0, 0.1) is 0 Å². The number of aliphatic carboxylic acids is 1. The molecule has 0 aromatic carbocycles. The molecule has 0 rings (SSSR count).